The molecule has 2 N–H and O–H groups in total. The van der Waals surface area contributed by atoms with E-state index in [1.165, 1.54) is 18.2 Å². The summed E-state index contributed by atoms with van der Waals surface area (Å²) in [4.78, 5) is 0.489. The first-order valence-corrected chi connectivity index (χ1v) is 7.94. The first-order valence-electron chi connectivity index (χ1n) is 6.24. The number of nitrogens with two attached hydrogens (primary N) is 1. The lowest BCUT2D eigenvalue weighted by molar-refractivity contribution is 0.409. The molecule has 0 saturated heterocycles. The van der Waals surface area contributed by atoms with Crippen LogP contribution in [0.25, 0.3) is 0 Å². The molecule has 0 bridgehead atoms. The van der Waals surface area contributed by atoms with Crippen molar-refractivity contribution in [1.29, 1.82) is 0 Å². The van der Waals surface area contributed by atoms with Crippen molar-refractivity contribution in [3.05, 3.63) is 58.4 Å². The van der Waals surface area contributed by atoms with E-state index in [4.69, 9.17) is 22.1 Å². The molecule has 0 aromatic heterocycles. The Morgan fingerprint density at radius 1 is 1.29 bits per heavy atom. The quantitative estimate of drug-likeness (QED) is 0.917. The highest BCUT2D eigenvalue weighted by atomic mass is 35.5. The predicted octanol–water partition coefficient (Wildman–Crippen LogP) is 3.25. The molecule has 0 amide bonds. The van der Waals surface area contributed by atoms with Gasteiger partial charge in [-0.3, -0.25) is 4.21 Å². The summed E-state index contributed by atoms with van der Waals surface area (Å²) in [5.41, 5.74) is 7.35. The molecule has 21 heavy (non-hydrogen) atoms. The zero-order chi connectivity index (χ0) is 15.4. The highest BCUT2D eigenvalue weighted by Crippen LogP contribution is 2.23. The molecule has 0 aliphatic rings. The minimum absolute atomic E-state index is 0.0306. The second-order valence-corrected chi connectivity index (χ2v) is 6.27. The van der Waals surface area contributed by atoms with Gasteiger partial charge in [0.2, 0.25) is 0 Å². The van der Waals surface area contributed by atoms with Crippen LogP contribution in [0, 0.1) is 5.82 Å². The van der Waals surface area contributed by atoms with Crippen LogP contribution in [0.15, 0.2) is 41.3 Å². The van der Waals surface area contributed by atoms with Gasteiger partial charge in [-0.25, -0.2) is 4.39 Å². The van der Waals surface area contributed by atoms with Gasteiger partial charge >= 0.3 is 0 Å². The molecule has 0 aliphatic heterocycles. The van der Waals surface area contributed by atoms with Crippen LogP contribution < -0.4 is 10.5 Å². The van der Waals surface area contributed by atoms with E-state index < -0.39 is 16.6 Å². The molecule has 1 atom stereocenters. The number of ether oxygens (including phenoxy) is 1. The van der Waals surface area contributed by atoms with E-state index in [2.05, 4.69) is 0 Å². The molecule has 3 nitrogen and oxygen atoms in total. The van der Waals surface area contributed by atoms with Gasteiger partial charge in [-0.1, -0.05) is 23.7 Å². The number of methoxy groups -OCH3 is 1. The normalized spacial score (nSPS) is 12.2. The Bertz CT molecular complexity index is 679. The van der Waals surface area contributed by atoms with Gasteiger partial charge in [0.25, 0.3) is 0 Å². The van der Waals surface area contributed by atoms with Gasteiger partial charge in [0.15, 0.2) is 0 Å². The van der Waals surface area contributed by atoms with Crippen LogP contribution in [-0.2, 0) is 23.1 Å². The Morgan fingerprint density at radius 2 is 2.05 bits per heavy atom. The largest absolute Gasteiger partial charge is 0.496 e. The van der Waals surface area contributed by atoms with Gasteiger partial charge < -0.3 is 10.5 Å². The van der Waals surface area contributed by atoms with Gasteiger partial charge in [0.1, 0.15) is 11.6 Å². The third-order valence-electron chi connectivity index (χ3n) is 3.02. The van der Waals surface area contributed by atoms with Crippen LogP contribution in [0.3, 0.4) is 0 Å². The molecule has 0 spiro atoms. The zero-order valence-corrected chi connectivity index (χ0v) is 13.0. The summed E-state index contributed by atoms with van der Waals surface area (Å²) in [6.07, 6.45) is 0. The Balaban J connectivity index is 2.21. The number of hydrogen-bond donors (Lipinski definition) is 1. The summed E-state index contributed by atoms with van der Waals surface area (Å²) >= 11 is 5.70. The monoisotopic (exact) mass is 327 g/mol. The highest BCUT2D eigenvalue weighted by Gasteiger charge is 2.10. The van der Waals surface area contributed by atoms with E-state index >= 15 is 0 Å². The third-order valence-corrected chi connectivity index (χ3v) is 4.69. The summed E-state index contributed by atoms with van der Waals surface area (Å²) in [5.74, 6) is 0.443. The summed E-state index contributed by atoms with van der Waals surface area (Å²) in [7, 11) is 0.255. The molecular formula is C15H15ClFNO2S. The smallest absolute Gasteiger partial charge is 0.141 e. The molecule has 1 unspecified atom stereocenters. The zero-order valence-electron chi connectivity index (χ0n) is 11.4. The maximum Gasteiger partial charge on any atom is 0.141 e. The number of hydrogen-bond acceptors (Lipinski definition) is 3. The third kappa shape index (κ3) is 3.81. The van der Waals surface area contributed by atoms with E-state index in [1.807, 2.05) is 18.2 Å². The van der Waals surface area contributed by atoms with Crippen molar-refractivity contribution in [3.8, 4) is 5.75 Å². The second kappa shape index (κ2) is 7.02. The molecule has 2 aromatic rings. The molecule has 112 valence electrons. The Labute approximate surface area is 130 Å². The maximum absolute atomic E-state index is 13.1. The predicted molar refractivity (Wildman–Crippen MR) is 82.4 cm³/mol. The Morgan fingerprint density at radius 3 is 2.67 bits per heavy atom. The molecule has 0 heterocycles. The minimum atomic E-state index is -1.31. The molecule has 0 fully saturated rings. The van der Waals surface area contributed by atoms with Crippen LogP contribution in [0.4, 0.5) is 4.39 Å². The molecule has 2 rings (SSSR count). The van der Waals surface area contributed by atoms with Crippen molar-refractivity contribution in [3.63, 3.8) is 0 Å². The van der Waals surface area contributed by atoms with Crippen LogP contribution in [0.5, 0.6) is 5.75 Å². The fourth-order valence-corrected chi connectivity index (χ4v) is 3.26. The van der Waals surface area contributed by atoms with Crippen molar-refractivity contribution in [2.24, 2.45) is 5.73 Å². The van der Waals surface area contributed by atoms with Gasteiger partial charge in [0.05, 0.1) is 28.7 Å². The fourth-order valence-electron chi connectivity index (χ4n) is 1.90. The molecular weight excluding hydrogens is 313 g/mol. The van der Waals surface area contributed by atoms with E-state index in [9.17, 15) is 8.60 Å². The van der Waals surface area contributed by atoms with E-state index in [1.54, 1.807) is 7.11 Å². The standard InChI is InChI=1S/C15H15ClFNO2S/c1-20-15-6-10(2-3-11(15)8-18)9-21(19)12-4-5-14(17)13(16)7-12/h2-7H,8-9,18H2,1H3. The van der Waals surface area contributed by atoms with Crippen molar-refractivity contribution in [2.45, 2.75) is 17.2 Å². The second-order valence-electron chi connectivity index (χ2n) is 4.42. The van der Waals surface area contributed by atoms with Crippen LogP contribution in [-0.4, -0.2) is 11.3 Å². The van der Waals surface area contributed by atoms with E-state index in [-0.39, 0.29) is 5.02 Å². The lowest BCUT2D eigenvalue weighted by Crippen LogP contribution is -2.02. The van der Waals surface area contributed by atoms with Gasteiger partial charge in [-0.15, -0.1) is 0 Å². The number of rotatable bonds is 5. The van der Waals surface area contributed by atoms with Gasteiger partial charge in [-0.05, 0) is 29.8 Å². The molecule has 0 radical (unpaired) electrons. The summed E-state index contributed by atoms with van der Waals surface area (Å²) in [6.45, 7) is 0.375. The minimum Gasteiger partial charge on any atom is -0.496 e. The van der Waals surface area contributed by atoms with Crippen LogP contribution in [0.2, 0.25) is 5.02 Å². The van der Waals surface area contributed by atoms with Crippen molar-refractivity contribution in [1.82, 2.24) is 0 Å². The van der Waals surface area contributed by atoms with E-state index in [0.29, 0.717) is 22.9 Å². The average molecular weight is 328 g/mol. The number of benzene rings is 2. The summed E-state index contributed by atoms with van der Waals surface area (Å²) in [5, 5.41) is -0.0306. The summed E-state index contributed by atoms with van der Waals surface area (Å²) in [6, 6.07) is 9.59. The van der Waals surface area contributed by atoms with Gasteiger partial charge in [0, 0.05) is 17.0 Å². The Kier molecular flexibility index (Phi) is 5.33. The van der Waals surface area contributed by atoms with Crippen LogP contribution in [0.1, 0.15) is 11.1 Å². The fraction of sp³-hybridized carbons (Fsp3) is 0.200. The first kappa shape index (κ1) is 15.9. The molecule has 6 heteroatoms. The van der Waals surface area contributed by atoms with Crippen LogP contribution >= 0.6 is 11.6 Å². The van der Waals surface area contributed by atoms with Gasteiger partial charge in [-0.2, -0.15) is 0 Å². The molecule has 0 aliphatic carbocycles. The van der Waals surface area contributed by atoms with Crippen molar-refractivity contribution in [2.75, 3.05) is 7.11 Å². The molecule has 0 saturated carbocycles. The van der Waals surface area contributed by atoms with Crippen molar-refractivity contribution >= 4 is 22.4 Å². The maximum atomic E-state index is 13.1. The lowest BCUT2D eigenvalue weighted by Gasteiger charge is -2.09. The SMILES string of the molecule is COc1cc(CS(=O)c2ccc(F)c(Cl)c2)ccc1CN. The average Bonchev–Trinajstić information content (AvgIpc) is 2.49. The molecule has 2 aromatic carbocycles. The number of halogens is 2. The van der Waals surface area contributed by atoms with Crippen molar-refractivity contribution < 1.29 is 13.3 Å². The Hall–Kier alpha value is -1.43. The topological polar surface area (TPSA) is 52.3 Å². The highest BCUT2D eigenvalue weighted by molar-refractivity contribution is 7.84. The first-order chi connectivity index (χ1) is 10.0. The lowest BCUT2D eigenvalue weighted by atomic mass is 10.1. The summed E-state index contributed by atoms with van der Waals surface area (Å²) < 4.78 is 30.7. The van der Waals surface area contributed by atoms with E-state index in [0.717, 1.165) is 11.1 Å².